The van der Waals surface area contributed by atoms with Gasteiger partial charge in [-0.05, 0) is 38.8 Å². The quantitative estimate of drug-likeness (QED) is 0.736. The number of amides is 1. The molecule has 1 saturated heterocycles. The number of carbonyl (C=O) groups excluding carboxylic acids is 1. The highest BCUT2D eigenvalue weighted by Crippen LogP contribution is 2.27. The maximum Gasteiger partial charge on any atom is 0.412 e. The minimum absolute atomic E-state index is 0.326. The molecule has 29 heavy (non-hydrogen) atoms. The van der Waals surface area contributed by atoms with Gasteiger partial charge in [0, 0.05) is 26.2 Å². The third kappa shape index (κ3) is 6.05. The summed E-state index contributed by atoms with van der Waals surface area (Å²) in [6, 6.07) is 20.4. The zero-order valence-electron chi connectivity index (χ0n) is 17.9. The largest absolute Gasteiger partial charge is 0.444 e. The second kappa shape index (κ2) is 8.97. The Hall–Kier alpha value is -2.37. The van der Waals surface area contributed by atoms with Gasteiger partial charge in [0.05, 0.1) is 6.61 Å². The lowest BCUT2D eigenvalue weighted by Gasteiger charge is -2.48. The number of piperazine rings is 1. The molecule has 0 saturated carbocycles. The summed E-state index contributed by atoms with van der Waals surface area (Å²) in [6.45, 7) is 10.9. The van der Waals surface area contributed by atoms with Crippen molar-refractivity contribution in [2.24, 2.45) is 0 Å². The van der Waals surface area contributed by atoms with Crippen molar-refractivity contribution < 1.29 is 14.3 Å². The Morgan fingerprint density at radius 2 is 1.55 bits per heavy atom. The van der Waals surface area contributed by atoms with Crippen molar-refractivity contribution in [2.75, 3.05) is 19.6 Å². The van der Waals surface area contributed by atoms with Gasteiger partial charge in [0.15, 0.2) is 5.72 Å². The van der Waals surface area contributed by atoms with Crippen molar-refractivity contribution in [3.63, 3.8) is 0 Å². The van der Waals surface area contributed by atoms with Crippen LogP contribution in [0.15, 0.2) is 60.7 Å². The Bertz CT molecular complexity index is 789. The van der Waals surface area contributed by atoms with Gasteiger partial charge in [-0.15, -0.1) is 0 Å². The molecule has 1 amide bonds. The number of benzene rings is 2. The maximum atomic E-state index is 12.9. The van der Waals surface area contributed by atoms with E-state index in [2.05, 4.69) is 29.2 Å². The zero-order chi connectivity index (χ0) is 20.9. The first kappa shape index (κ1) is 21.3. The van der Waals surface area contributed by atoms with E-state index in [1.165, 1.54) is 5.56 Å². The summed E-state index contributed by atoms with van der Waals surface area (Å²) in [5.74, 6) is 0. The number of rotatable bonds is 5. The van der Waals surface area contributed by atoms with Crippen LogP contribution in [-0.2, 0) is 22.6 Å². The van der Waals surface area contributed by atoms with Crippen LogP contribution in [0.4, 0.5) is 4.79 Å². The standard InChI is InChI=1S/C24H32N2O3/c1-23(2,3)29-22(27)26-16-15-25(17-20-11-7-5-8-12-20)19-24(26,4)28-18-21-13-9-6-10-14-21/h5-14H,15-19H2,1-4H3/t24-/m0/s1. The first-order valence-electron chi connectivity index (χ1n) is 10.2. The van der Waals surface area contributed by atoms with Gasteiger partial charge in [0.25, 0.3) is 0 Å². The molecule has 1 heterocycles. The van der Waals surface area contributed by atoms with Crippen LogP contribution in [0.3, 0.4) is 0 Å². The average molecular weight is 397 g/mol. The van der Waals surface area contributed by atoms with Gasteiger partial charge in [-0.25, -0.2) is 4.79 Å². The van der Waals surface area contributed by atoms with Crippen molar-refractivity contribution in [2.45, 2.75) is 52.2 Å². The number of carbonyl (C=O) groups is 1. The highest BCUT2D eigenvalue weighted by Gasteiger charge is 2.43. The summed E-state index contributed by atoms with van der Waals surface area (Å²) in [7, 11) is 0. The summed E-state index contributed by atoms with van der Waals surface area (Å²) < 4.78 is 12.0. The van der Waals surface area contributed by atoms with Gasteiger partial charge >= 0.3 is 6.09 Å². The summed E-state index contributed by atoms with van der Waals surface area (Å²) in [6.07, 6.45) is -0.326. The van der Waals surface area contributed by atoms with Gasteiger partial charge in [-0.3, -0.25) is 9.80 Å². The molecule has 0 spiro atoms. The predicted octanol–water partition coefficient (Wildman–Crippen LogP) is 4.67. The van der Waals surface area contributed by atoms with E-state index in [1.807, 2.05) is 64.1 Å². The van der Waals surface area contributed by atoms with Gasteiger partial charge in [0.1, 0.15) is 5.60 Å². The van der Waals surface area contributed by atoms with Gasteiger partial charge in [0.2, 0.25) is 0 Å². The fourth-order valence-electron chi connectivity index (χ4n) is 3.57. The molecule has 156 valence electrons. The van der Waals surface area contributed by atoms with Crippen LogP contribution < -0.4 is 0 Å². The summed E-state index contributed by atoms with van der Waals surface area (Å²) in [5.41, 5.74) is 1.02. The third-order valence-electron chi connectivity index (χ3n) is 4.98. The molecule has 0 radical (unpaired) electrons. The lowest BCUT2D eigenvalue weighted by Crippen LogP contribution is -2.64. The predicted molar refractivity (Wildman–Crippen MR) is 114 cm³/mol. The number of ether oxygens (including phenoxy) is 2. The second-order valence-corrected chi connectivity index (χ2v) is 8.78. The normalized spacial score (nSPS) is 20.5. The molecule has 1 aliphatic rings. The minimum Gasteiger partial charge on any atom is -0.444 e. The van der Waals surface area contributed by atoms with Crippen LogP contribution in [0.5, 0.6) is 0 Å². The van der Waals surface area contributed by atoms with E-state index in [-0.39, 0.29) is 6.09 Å². The molecule has 0 aliphatic carbocycles. The molecule has 3 rings (SSSR count). The van der Waals surface area contributed by atoms with E-state index < -0.39 is 11.3 Å². The molecule has 2 aromatic carbocycles. The molecule has 5 nitrogen and oxygen atoms in total. The summed E-state index contributed by atoms with van der Waals surface area (Å²) in [5, 5.41) is 0. The van der Waals surface area contributed by atoms with E-state index in [9.17, 15) is 4.79 Å². The lowest BCUT2D eigenvalue weighted by molar-refractivity contribution is -0.178. The maximum absolute atomic E-state index is 12.9. The van der Waals surface area contributed by atoms with E-state index in [4.69, 9.17) is 9.47 Å². The van der Waals surface area contributed by atoms with E-state index in [0.29, 0.717) is 19.7 Å². The van der Waals surface area contributed by atoms with E-state index >= 15 is 0 Å². The Morgan fingerprint density at radius 1 is 0.966 bits per heavy atom. The fraction of sp³-hybridized carbons (Fsp3) is 0.458. The molecule has 1 atom stereocenters. The molecule has 0 bridgehead atoms. The molecule has 1 aliphatic heterocycles. The molecule has 5 heteroatoms. The summed E-state index contributed by atoms with van der Waals surface area (Å²) >= 11 is 0. The van der Waals surface area contributed by atoms with Gasteiger partial charge in [-0.2, -0.15) is 0 Å². The van der Waals surface area contributed by atoms with Crippen molar-refractivity contribution in [3.05, 3.63) is 71.8 Å². The van der Waals surface area contributed by atoms with Crippen LogP contribution in [-0.4, -0.2) is 46.9 Å². The number of hydrogen-bond acceptors (Lipinski definition) is 4. The third-order valence-corrected chi connectivity index (χ3v) is 4.98. The van der Waals surface area contributed by atoms with Crippen LogP contribution in [0.1, 0.15) is 38.8 Å². The molecule has 0 N–H and O–H groups in total. The molecular weight excluding hydrogens is 364 g/mol. The summed E-state index contributed by atoms with van der Waals surface area (Å²) in [4.78, 5) is 17.0. The fourth-order valence-corrected chi connectivity index (χ4v) is 3.57. The number of nitrogens with zero attached hydrogens (tertiary/aromatic N) is 2. The molecule has 0 unspecified atom stereocenters. The Labute approximate surface area is 174 Å². The van der Waals surface area contributed by atoms with Crippen LogP contribution >= 0.6 is 0 Å². The second-order valence-electron chi connectivity index (χ2n) is 8.78. The average Bonchev–Trinajstić information content (AvgIpc) is 2.67. The van der Waals surface area contributed by atoms with Crippen LogP contribution in [0.2, 0.25) is 0 Å². The lowest BCUT2D eigenvalue weighted by atomic mass is 10.1. The topological polar surface area (TPSA) is 42.0 Å². The smallest absolute Gasteiger partial charge is 0.412 e. The van der Waals surface area contributed by atoms with Crippen molar-refractivity contribution in [3.8, 4) is 0 Å². The van der Waals surface area contributed by atoms with Crippen LogP contribution in [0.25, 0.3) is 0 Å². The Morgan fingerprint density at radius 3 is 2.14 bits per heavy atom. The van der Waals surface area contributed by atoms with Crippen molar-refractivity contribution >= 4 is 6.09 Å². The molecule has 0 aromatic heterocycles. The van der Waals surface area contributed by atoms with E-state index in [0.717, 1.165) is 18.7 Å². The highest BCUT2D eigenvalue weighted by atomic mass is 16.6. The molecule has 1 fully saturated rings. The Kier molecular flexibility index (Phi) is 6.60. The SMILES string of the molecule is CC(C)(C)OC(=O)N1CCN(Cc2ccccc2)C[C@]1(C)OCc1ccccc1. The van der Waals surface area contributed by atoms with Crippen molar-refractivity contribution in [1.29, 1.82) is 0 Å². The minimum atomic E-state index is -0.773. The Balaban J connectivity index is 1.75. The monoisotopic (exact) mass is 396 g/mol. The first-order valence-corrected chi connectivity index (χ1v) is 10.2. The highest BCUT2D eigenvalue weighted by molar-refractivity contribution is 5.69. The zero-order valence-corrected chi connectivity index (χ0v) is 17.9. The van der Waals surface area contributed by atoms with Crippen molar-refractivity contribution in [1.82, 2.24) is 9.80 Å². The number of hydrogen-bond donors (Lipinski definition) is 0. The van der Waals surface area contributed by atoms with Gasteiger partial charge < -0.3 is 9.47 Å². The van der Waals surface area contributed by atoms with Crippen LogP contribution in [0, 0.1) is 0 Å². The van der Waals surface area contributed by atoms with Gasteiger partial charge in [-0.1, -0.05) is 60.7 Å². The van der Waals surface area contributed by atoms with E-state index in [1.54, 1.807) is 4.90 Å². The molecule has 2 aromatic rings. The molecular formula is C24H32N2O3. The first-order chi connectivity index (χ1) is 13.8.